The minimum atomic E-state index is -2.65. The molecule has 3 aromatic carbocycles. The van der Waals surface area contributed by atoms with Gasteiger partial charge in [-0.25, -0.2) is 8.78 Å². The predicted molar refractivity (Wildman–Crippen MR) is 377 cm³/mol. The number of alkyl halides is 2. The van der Waals surface area contributed by atoms with E-state index in [1.165, 1.54) is 63.4 Å². The van der Waals surface area contributed by atoms with Crippen LogP contribution in [0.2, 0.25) is 5.02 Å². The number of carbonyl (C=O) groups excluding carboxylic acids is 3. The van der Waals surface area contributed by atoms with E-state index in [2.05, 4.69) is 105 Å². The van der Waals surface area contributed by atoms with Gasteiger partial charge in [0, 0.05) is 216 Å². The predicted octanol–water partition coefficient (Wildman–Crippen LogP) is 12.5. The molecule has 5 aromatic heterocycles. The summed E-state index contributed by atoms with van der Waals surface area (Å²) in [6, 6.07) is 13.0. The van der Waals surface area contributed by atoms with Crippen LogP contribution in [0.25, 0.3) is 33.4 Å². The van der Waals surface area contributed by atoms with Crippen LogP contribution in [-0.4, -0.2) is 139 Å². The summed E-state index contributed by atoms with van der Waals surface area (Å²) in [6.07, 6.45) is 15.7. The van der Waals surface area contributed by atoms with Crippen LogP contribution in [0.3, 0.4) is 0 Å². The zero-order chi connectivity index (χ0) is 69.0. The second-order valence-electron chi connectivity index (χ2n) is 27.5. The van der Waals surface area contributed by atoms with Crippen LogP contribution in [0.15, 0.2) is 84.8 Å². The quantitative estimate of drug-likeness (QED) is 0.0920. The summed E-state index contributed by atoms with van der Waals surface area (Å²) in [6.45, 7) is 25.8. The number of hydrogen-bond acceptors (Lipinski definition) is 12. The molecule has 0 aliphatic carbocycles. The molecule has 3 amide bonds. The highest BCUT2D eigenvalue weighted by atomic mass is 35.5. The molecular formula is C73H91ClF2N18O3. The third kappa shape index (κ3) is 13.7. The highest BCUT2D eigenvalue weighted by Gasteiger charge is 2.36. The van der Waals surface area contributed by atoms with Gasteiger partial charge < -0.3 is 34.7 Å². The summed E-state index contributed by atoms with van der Waals surface area (Å²) >= 11 is 6.78. The van der Waals surface area contributed by atoms with Crippen molar-refractivity contribution in [3.05, 3.63) is 140 Å². The molecule has 97 heavy (non-hydrogen) atoms. The van der Waals surface area contributed by atoms with Gasteiger partial charge in [0.1, 0.15) is 5.84 Å². The Morgan fingerprint density at radius 2 is 1.00 bits per heavy atom. The molecule has 0 saturated heterocycles. The number of nitrogens with zero attached hydrogens (tertiary/aromatic N) is 16. The van der Waals surface area contributed by atoms with Gasteiger partial charge in [-0.05, 0) is 150 Å². The maximum absolute atomic E-state index is 14.1. The molecule has 0 unspecified atom stereocenters. The van der Waals surface area contributed by atoms with E-state index in [9.17, 15) is 23.2 Å². The van der Waals surface area contributed by atoms with E-state index in [-0.39, 0.29) is 41.2 Å². The fourth-order valence-electron chi connectivity index (χ4n) is 14.7. The van der Waals surface area contributed by atoms with Gasteiger partial charge >= 0.3 is 0 Å². The Hall–Kier alpha value is -9.12. The molecule has 24 heteroatoms. The van der Waals surface area contributed by atoms with Crippen molar-refractivity contribution in [3.8, 4) is 33.4 Å². The van der Waals surface area contributed by atoms with E-state index in [1.807, 2.05) is 67.1 Å². The zero-order valence-corrected chi connectivity index (χ0v) is 59.0. The van der Waals surface area contributed by atoms with Crippen LogP contribution in [-0.2, 0) is 80.7 Å². The molecule has 6 aliphatic rings. The smallest absolute Gasteiger partial charge is 0.264 e. The van der Waals surface area contributed by atoms with Gasteiger partial charge in [-0.15, -0.1) is 0 Å². The molecule has 0 radical (unpaired) electrons. The number of benzene rings is 3. The third-order valence-corrected chi connectivity index (χ3v) is 19.9. The largest absolute Gasteiger partial charge is 0.386 e. The molecule has 0 spiro atoms. The van der Waals surface area contributed by atoms with Crippen LogP contribution in [0.5, 0.6) is 0 Å². The van der Waals surface area contributed by atoms with Crippen molar-refractivity contribution in [1.82, 2.24) is 68.9 Å². The number of aryl methyl sites for hydroxylation is 6. The number of rotatable bonds is 11. The normalized spacial score (nSPS) is 15.9. The number of amides is 3. The second-order valence-corrected chi connectivity index (χ2v) is 27.9. The molecule has 0 atom stereocenters. The number of carbonyl (C=O) groups is 3. The fourth-order valence-corrected chi connectivity index (χ4v) is 15.0. The lowest BCUT2D eigenvalue weighted by Gasteiger charge is -2.34. The van der Waals surface area contributed by atoms with Gasteiger partial charge in [0.25, 0.3) is 6.43 Å². The number of halogens is 3. The summed E-state index contributed by atoms with van der Waals surface area (Å²) in [5, 5.41) is 36.1. The average Bonchev–Trinajstić information content (AvgIpc) is 1.68. The molecular weight excluding hydrogens is 1250 g/mol. The van der Waals surface area contributed by atoms with E-state index in [1.54, 1.807) is 52.5 Å². The summed E-state index contributed by atoms with van der Waals surface area (Å²) in [4.78, 5) is 48.3. The van der Waals surface area contributed by atoms with Gasteiger partial charge in [0.05, 0.1) is 43.2 Å². The van der Waals surface area contributed by atoms with Crippen LogP contribution in [0.1, 0.15) is 150 Å². The number of hydrogen-bond donors (Lipinski definition) is 2. The van der Waals surface area contributed by atoms with E-state index in [0.29, 0.717) is 73.4 Å². The Morgan fingerprint density at radius 3 is 1.47 bits per heavy atom. The Bertz CT molecular complexity index is 4190. The molecule has 0 bridgehead atoms. The minimum Gasteiger partial charge on any atom is -0.386 e. The number of anilines is 5. The van der Waals surface area contributed by atoms with Gasteiger partial charge in [0.2, 0.25) is 17.7 Å². The van der Waals surface area contributed by atoms with E-state index >= 15 is 0 Å². The molecule has 0 fully saturated rings. The maximum atomic E-state index is 14.1. The second kappa shape index (κ2) is 27.8. The molecule has 11 heterocycles. The van der Waals surface area contributed by atoms with Crippen molar-refractivity contribution in [2.24, 2.45) is 21.1 Å². The SMILES string of the molecule is CC(=O)N1CCC(NC(C)C)=C(C(=N)N2CCc3cc(-c4cnn(C)c4)c(C(F)F)cc32)C1.CC(=O)N1CCc2c(c(N3CCCc4cc(-c5cnn(C)c5)c(C)cc43)nn2C(C)C)C1.CC(=O)N1CCc2c(c(N3CCCc4cc(-c5cnn(C)c5)c(Cl)cc43)nn2C(C)C)C1. The summed E-state index contributed by atoms with van der Waals surface area (Å²) < 4.78 is 37.7. The maximum Gasteiger partial charge on any atom is 0.264 e. The summed E-state index contributed by atoms with van der Waals surface area (Å²) in [7, 11) is 5.63. The van der Waals surface area contributed by atoms with Crippen molar-refractivity contribution >= 4 is 63.9 Å². The van der Waals surface area contributed by atoms with Crippen molar-refractivity contribution in [3.63, 3.8) is 0 Å². The van der Waals surface area contributed by atoms with Crippen LogP contribution in [0.4, 0.5) is 37.5 Å². The highest BCUT2D eigenvalue weighted by Crippen LogP contribution is 2.45. The molecule has 0 saturated carbocycles. The number of aromatic nitrogens is 10. The van der Waals surface area contributed by atoms with Gasteiger partial charge in [-0.2, -0.15) is 25.5 Å². The lowest BCUT2D eigenvalue weighted by molar-refractivity contribution is -0.130. The first-order chi connectivity index (χ1) is 46.3. The van der Waals surface area contributed by atoms with Crippen molar-refractivity contribution in [1.29, 1.82) is 5.41 Å². The molecule has 8 aromatic rings. The topological polar surface area (TPSA) is 196 Å². The van der Waals surface area contributed by atoms with Crippen molar-refractivity contribution < 1.29 is 23.2 Å². The Kier molecular flexibility index (Phi) is 19.4. The van der Waals surface area contributed by atoms with Crippen LogP contribution < -0.4 is 20.0 Å². The molecule has 512 valence electrons. The standard InChI is InChI=1S/C25H32N6O.C24H29ClN6O.C24H30F2N6O/c1-16(2)31-23-8-10-29(18(4)32)15-22(23)25(27-31)30-9-6-7-19-12-21(17(3)11-24(19)30)20-13-26-28(5)14-20;1-15(2)31-22-7-9-29(16(3)32)14-20(22)24(27-31)30-8-5-6-17-10-19(21(25)11-23(17)30)18-12-26-28(4)13-18;1-14(2)29-21-6-7-31(15(3)33)13-20(21)24(27)32-8-5-16-9-18(17-11-28-30(4)12-17)19(23(25)26)10-22(16)32/h11-14,16H,6-10,15H2,1-5H3;10-13,15H,5-9,14H2,1-4H3;9-12,14,23,27,29H,5-8,13H2,1-4H3. The highest BCUT2D eigenvalue weighted by molar-refractivity contribution is 6.33. The first kappa shape index (κ1) is 67.8. The Balaban J connectivity index is 0.000000139. The van der Waals surface area contributed by atoms with E-state index in [4.69, 9.17) is 27.2 Å². The molecule has 6 aliphatic heterocycles. The summed E-state index contributed by atoms with van der Waals surface area (Å²) in [5.41, 5.74) is 19.9. The van der Waals surface area contributed by atoms with Gasteiger partial charge in [-0.3, -0.25) is 43.2 Å². The molecule has 21 nitrogen and oxygen atoms in total. The number of fused-ring (bicyclic) bond motifs is 5. The molecule has 14 rings (SSSR count). The third-order valence-electron chi connectivity index (χ3n) is 19.6. The fraction of sp³-hybridized carbons (Fsp3) is 0.466. The van der Waals surface area contributed by atoms with Gasteiger partial charge in [-0.1, -0.05) is 11.6 Å². The van der Waals surface area contributed by atoms with E-state index < -0.39 is 6.43 Å². The first-order valence-corrected chi connectivity index (χ1v) is 34.4. The van der Waals surface area contributed by atoms with Crippen molar-refractivity contribution in [2.75, 3.05) is 60.5 Å². The molecule has 2 N–H and O–H groups in total. The number of amidine groups is 1. The lowest BCUT2D eigenvalue weighted by Crippen LogP contribution is -2.44. The van der Waals surface area contributed by atoms with Crippen LogP contribution >= 0.6 is 11.6 Å². The zero-order valence-electron chi connectivity index (χ0n) is 58.3. The average molecular weight is 1340 g/mol. The Labute approximate surface area is 572 Å². The van der Waals surface area contributed by atoms with Crippen molar-refractivity contribution in [2.45, 2.75) is 158 Å². The monoisotopic (exact) mass is 1340 g/mol. The summed E-state index contributed by atoms with van der Waals surface area (Å²) in [5.74, 6) is 2.46. The van der Waals surface area contributed by atoms with Gasteiger partial charge in [0.15, 0.2) is 11.6 Å². The Morgan fingerprint density at radius 1 is 0.546 bits per heavy atom. The minimum absolute atomic E-state index is 0.0354. The lowest BCUT2D eigenvalue weighted by atomic mass is 9.93. The first-order valence-electron chi connectivity index (χ1n) is 34.1. The number of nitrogens with one attached hydrogen (secondary N) is 2. The van der Waals surface area contributed by atoms with Crippen LogP contribution in [0, 0.1) is 12.3 Å². The van der Waals surface area contributed by atoms with E-state index in [0.717, 1.165) is 116 Å².